The van der Waals surface area contributed by atoms with Gasteiger partial charge in [-0.15, -0.1) is 0 Å². The van der Waals surface area contributed by atoms with Crippen LogP contribution in [0, 0.1) is 0 Å². The Morgan fingerprint density at radius 3 is 2.25 bits per heavy atom. The molecule has 1 heterocycles. The van der Waals surface area contributed by atoms with Crippen LogP contribution in [0.1, 0.15) is 24.1 Å². The summed E-state index contributed by atoms with van der Waals surface area (Å²) in [6.45, 7) is 2.65. The Bertz CT molecular complexity index is 967. The van der Waals surface area contributed by atoms with Gasteiger partial charge < -0.3 is 29.3 Å². The van der Waals surface area contributed by atoms with Crippen molar-refractivity contribution in [1.82, 2.24) is 4.90 Å². The number of carbonyl (C=O) groups is 2. The number of nitrogens with zero attached hydrogens (tertiary/aromatic N) is 1. The maximum atomic E-state index is 13.0. The van der Waals surface area contributed by atoms with E-state index in [0.717, 1.165) is 0 Å². The fraction of sp³-hybridized carbons (Fsp3) is 0.333. The van der Waals surface area contributed by atoms with E-state index in [9.17, 15) is 14.7 Å². The maximum Gasteiger partial charge on any atom is 0.295 e. The summed E-state index contributed by atoms with van der Waals surface area (Å²) < 4.78 is 15.9. The molecule has 0 spiro atoms. The molecule has 32 heavy (non-hydrogen) atoms. The summed E-state index contributed by atoms with van der Waals surface area (Å²) in [6, 6.07) is 12.9. The fourth-order valence-electron chi connectivity index (χ4n) is 3.60. The molecular formula is C24H27NO7. The highest BCUT2D eigenvalue weighted by molar-refractivity contribution is 6.46. The first-order valence-corrected chi connectivity index (χ1v) is 10.4. The van der Waals surface area contributed by atoms with Crippen molar-refractivity contribution in [2.45, 2.75) is 13.0 Å². The molecule has 170 valence electrons. The smallest absolute Gasteiger partial charge is 0.295 e. The molecule has 1 amide bonds. The van der Waals surface area contributed by atoms with Gasteiger partial charge in [0.05, 0.1) is 45.2 Å². The molecule has 1 unspecified atom stereocenters. The summed E-state index contributed by atoms with van der Waals surface area (Å²) in [5.74, 6) is -0.477. The zero-order valence-corrected chi connectivity index (χ0v) is 18.1. The van der Waals surface area contributed by atoms with Crippen LogP contribution in [0.3, 0.4) is 0 Å². The predicted molar refractivity (Wildman–Crippen MR) is 118 cm³/mol. The molecular weight excluding hydrogens is 414 g/mol. The standard InChI is InChI=1S/C24H27NO7/c1-3-32-19-10-4-16(5-11-19)21-20(22(27)17-6-8-18(30-2)9-7-17)23(28)24(29)25(21)12-14-31-15-13-26/h4-11,21,26-27H,3,12-15H2,1-2H3/b22-20+. The minimum absolute atomic E-state index is 0.00600. The minimum atomic E-state index is -0.787. The van der Waals surface area contributed by atoms with Gasteiger partial charge in [0, 0.05) is 12.1 Å². The number of aliphatic hydroxyl groups is 2. The van der Waals surface area contributed by atoms with Gasteiger partial charge in [0.1, 0.15) is 17.3 Å². The van der Waals surface area contributed by atoms with Gasteiger partial charge in [-0.3, -0.25) is 9.59 Å². The van der Waals surface area contributed by atoms with Crippen LogP contribution in [0.25, 0.3) is 5.76 Å². The molecule has 1 aliphatic rings. The number of hydrogen-bond acceptors (Lipinski definition) is 7. The number of amides is 1. The number of carbonyl (C=O) groups excluding carboxylic acids is 2. The van der Waals surface area contributed by atoms with Gasteiger partial charge in [0.25, 0.3) is 11.7 Å². The lowest BCUT2D eigenvalue weighted by atomic mass is 9.95. The van der Waals surface area contributed by atoms with E-state index in [0.29, 0.717) is 29.2 Å². The zero-order valence-electron chi connectivity index (χ0n) is 18.1. The summed E-state index contributed by atoms with van der Waals surface area (Å²) in [6.07, 6.45) is 0. The predicted octanol–water partition coefficient (Wildman–Crippen LogP) is 2.52. The molecule has 0 bridgehead atoms. The van der Waals surface area contributed by atoms with Crippen molar-refractivity contribution in [3.63, 3.8) is 0 Å². The number of hydrogen-bond donors (Lipinski definition) is 2. The fourth-order valence-corrected chi connectivity index (χ4v) is 3.60. The lowest BCUT2D eigenvalue weighted by molar-refractivity contribution is -0.140. The maximum absolute atomic E-state index is 13.0. The first-order valence-electron chi connectivity index (χ1n) is 10.4. The Balaban J connectivity index is 2.03. The van der Waals surface area contributed by atoms with Gasteiger partial charge in [-0.2, -0.15) is 0 Å². The summed E-state index contributed by atoms with van der Waals surface area (Å²) >= 11 is 0. The highest BCUT2D eigenvalue weighted by atomic mass is 16.5. The van der Waals surface area contributed by atoms with Crippen LogP contribution >= 0.6 is 0 Å². The second-order valence-electron chi connectivity index (χ2n) is 7.06. The van der Waals surface area contributed by atoms with Crippen molar-refractivity contribution in [2.75, 3.05) is 40.1 Å². The van der Waals surface area contributed by atoms with E-state index in [1.807, 2.05) is 6.92 Å². The van der Waals surface area contributed by atoms with Crippen LogP contribution in [-0.4, -0.2) is 66.9 Å². The molecule has 0 saturated carbocycles. The lowest BCUT2D eigenvalue weighted by Gasteiger charge is -2.25. The Morgan fingerprint density at radius 1 is 1.00 bits per heavy atom. The number of aliphatic hydroxyl groups excluding tert-OH is 2. The second kappa shape index (κ2) is 10.8. The third-order valence-electron chi connectivity index (χ3n) is 5.12. The number of rotatable bonds is 10. The molecule has 1 fully saturated rings. The van der Waals surface area contributed by atoms with E-state index in [2.05, 4.69) is 0 Å². The van der Waals surface area contributed by atoms with E-state index in [1.165, 1.54) is 12.0 Å². The highest BCUT2D eigenvalue weighted by Crippen LogP contribution is 2.39. The molecule has 3 rings (SSSR count). The molecule has 1 saturated heterocycles. The van der Waals surface area contributed by atoms with Crippen molar-refractivity contribution in [3.8, 4) is 11.5 Å². The summed E-state index contributed by atoms with van der Waals surface area (Å²) in [5, 5.41) is 19.9. The Kier molecular flexibility index (Phi) is 7.86. The second-order valence-corrected chi connectivity index (χ2v) is 7.06. The summed E-state index contributed by atoms with van der Waals surface area (Å²) in [7, 11) is 1.53. The number of ketones is 1. The van der Waals surface area contributed by atoms with Crippen molar-refractivity contribution in [2.24, 2.45) is 0 Å². The SMILES string of the molecule is CCOc1ccc(C2/C(=C(\O)c3ccc(OC)cc3)C(=O)C(=O)N2CCOCCO)cc1. The van der Waals surface area contributed by atoms with Gasteiger partial charge >= 0.3 is 0 Å². The van der Waals surface area contributed by atoms with E-state index in [-0.39, 0.29) is 37.7 Å². The van der Waals surface area contributed by atoms with Crippen molar-refractivity contribution >= 4 is 17.4 Å². The molecule has 2 aromatic rings. The summed E-state index contributed by atoms with van der Waals surface area (Å²) in [4.78, 5) is 27.2. The first-order chi connectivity index (χ1) is 15.5. The van der Waals surface area contributed by atoms with Crippen LogP contribution in [-0.2, 0) is 14.3 Å². The van der Waals surface area contributed by atoms with Crippen molar-refractivity contribution in [3.05, 3.63) is 65.2 Å². The average Bonchev–Trinajstić information content (AvgIpc) is 3.07. The Hall–Kier alpha value is -3.36. The normalized spacial score (nSPS) is 17.6. The van der Waals surface area contributed by atoms with Crippen molar-refractivity contribution < 1.29 is 34.0 Å². The van der Waals surface area contributed by atoms with Gasteiger partial charge in [-0.1, -0.05) is 12.1 Å². The van der Waals surface area contributed by atoms with E-state index >= 15 is 0 Å². The molecule has 1 atom stereocenters. The van der Waals surface area contributed by atoms with Gasteiger partial charge in [-0.05, 0) is 48.9 Å². The number of Topliss-reactive ketones (excluding diaryl/α,β-unsaturated/α-hetero) is 1. The Morgan fingerprint density at radius 2 is 1.66 bits per heavy atom. The molecule has 2 N–H and O–H groups in total. The van der Waals surface area contributed by atoms with Crippen LogP contribution < -0.4 is 9.47 Å². The number of ether oxygens (including phenoxy) is 3. The molecule has 0 aromatic heterocycles. The van der Waals surface area contributed by atoms with Crippen LogP contribution in [0.5, 0.6) is 11.5 Å². The molecule has 0 aliphatic carbocycles. The molecule has 8 nitrogen and oxygen atoms in total. The van der Waals surface area contributed by atoms with Gasteiger partial charge in [0.15, 0.2) is 0 Å². The Labute approximate surface area is 186 Å². The monoisotopic (exact) mass is 441 g/mol. The molecule has 8 heteroatoms. The number of benzene rings is 2. The third kappa shape index (κ3) is 4.92. The first kappa shape index (κ1) is 23.3. The number of likely N-dealkylation sites (tertiary alicyclic amines) is 1. The van der Waals surface area contributed by atoms with Gasteiger partial charge in [-0.25, -0.2) is 0 Å². The minimum Gasteiger partial charge on any atom is -0.507 e. The van der Waals surface area contributed by atoms with Crippen LogP contribution in [0.4, 0.5) is 0 Å². The van der Waals surface area contributed by atoms with Crippen LogP contribution in [0.15, 0.2) is 54.1 Å². The molecule has 2 aromatic carbocycles. The lowest BCUT2D eigenvalue weighted by Crippen LogP contribution is -2.33. The van der Waals surface area contributed by atoms with Crippen LogP contribution in [0.2, 0.25) is 0 Å². The topological polar surface area (TPSA) is 106 Å². The van der Waals surface area contributed by atoms with E-state index in [4.69, 9.17) is 19.3 Å². The molecule has 1 aliphatic heterocycles. The zero-order chi connectivity index (χ0) is 23.1. The third-order valence-corrected chi connectivity index (χ3v) is 5.12. The number of methoxy groups -OCH3 is 1. The van der Waals surface area contributed by atoms with Crippen molar-refractivity contribution in [1.29, 1.82) is 0 Å². The van der Waals surface area contributed by atoms with E-state index in [1.54, 1.807) is 48.5 Å². The largest absolute Gasteiger partial charge is 0.507 e. The van der Waals surface area contributed by atoms with Gasteiger partial charge in [0.2, 0.25) is 0 Å². The summed E-state index contributed by atoms with van der Waals surface area (Å²) in [5.41, 5.74) is 1.06. The van der Waals surface area contributed by atoms with E-state index < -0.39 is 17.7 Å². The quantitative estimate of drug-likeness (QED) is 0.253. The average molecular weight is 441 g/mol. The highest BCUT2D eigenvalue weighted by Gasteiger charge is 2.45. The molecule has 0 radical (unpaired) electrons.